The third kappa shape index (κ3) is 3.15. The van der Waals surface area contributed by atoms with Gasteiger partial charge in [0.25, 0.3) is 0 Å². The molecule has 1 atom stereocenters. The van der Waals surface area contributed by atoms with Crippen molar-refractivity contribution < 1.29 is 19.4 Å². The molecule has 1 aromatic carbocycles. The van der Waals surface area contributed by atoms with Crippen LogP contribution in [0.25, 0.3) is 0 Å². The van der Waals surface area contributed by atoms with Crippen LogP contribution in [-0.2, 0) is 19.7 Å². The molecule has 0 radical (unpaired) electrons. The van der Waals surface area contributed by atoms with Crippen LogP contribution in [0.4, 0.5) is 0 Å². The molecule has 0 saturated heterocycles. The summed E-state index contributed by atoms with van der Waals surface area (Å²) in [4.78, 5) is 23.9. The van der Waals surface area contributed by atoms with Crippen LogP contribution in [0.5, 0.6) is 0 Å². The van der Waals surface area contributed by atoms with E-state index in [4.69, 9.17) is 4.74 Å². The number of hydrogen-bond donors (Lipinski definition) is 1. The summed E-state index contributed by atoms with van der Waals surface area (Å²) in [5.74, 6) is -1.87. The summed E-state index contributed by atoms with van der Waals surface area (Å²) in [6.45, 7) is 3.67. The van der Waals surface area contributed by atoms with E-state index in [0.29, 0.717) is 12.0 Å². The van der Waals surface area contributed by atoms with E-state index in [1.165, 1.54) is 0 Å². The first-order valence-corrected chi connectivity index (χ1v) is 6.95. The third-order valence-corrected chi connectivity index (χ3v) is 3.48. The Kier molecular flexibility index (Phi) is 5.54. The molecule has 0 bridgehead atoms. The van der Waals surface area contributed by atoms with Crippen molar-refractivity contribution in [2.24, 2.45) is 0 Å². The number of halogens is 1. The van der Waals surface area contributed by atoms with Crippen molar-refractivity contribution in [2.75, 3.05) is 6.61 Å². The predicted molar refractivity (Wildman–Crippen MR) is 75.0 cm³/mol. The second-order valence-corrected chi connectivity index (χ2v) is 5.10. The minimum absolute atomic E-state index is 0.161. The van der Waals surface area contributed by atoms with Gasteiger partial charge in [-0.05, 0) is 31.0 Å². The molecule has 0 aliphatic rings. The Bertz CT molecular complexity index is 455. The highest BCUT2D eigenvalue weighted by Gasteiger charge is 2.48. The highest BCUT2D eigenvalue weighted by molar-refractivity contribution is 9.10. The third-order valence-electron chi connectivity index (χ3n) is 2.95. The SMILES string of the molecule is CCCC(C(=O)O)(C(=O)OCC)c1ccc(Br)cc1. The molecule has 1 rings (SSSR count). The molecule has 0 aliphatic heterocycles. The Morgan fingerprint density at radius 2 is 1.84 bits per heavy atom. The Morgan fingerprint density at radius 1 is 1.26 bits per heavy atom. The second-order valence-electron chi connectivity index (χ2n) is 4.19. The summed E-state index contributed by atoms with van der Waals surface area (Å²) in [5.41, 5.74) is -1.17. The molecule has 1 N–H and O–H groups in total. The lowest BCUT2D eigenvalue weighted by Crippen LogP contribution is -2.45. The second kappa shape index (κ2) is 6.70. The highest BCUT2D eigenvalue weighted by atomic mass is 79.9. The summed E-state index contributed by atoms with van der Waals surface area (Å²) < 4.78 is 5.80. The molecular formula is C14H17BrO4. The molecule has 0 aliphatic carbocycles. The highest BCUT2D eigenvalue weighted by Crippen LogP contribution is 2.32. The Balaban J connectivity index is 3.34. The lowest BCUT2D eigenvalue weighted by molar-refractivity contribution is -0.162. The van der Waals surface area contributed by atoms with Crippen molar-refractivity contribution >= 4 is 27.9 Å². The van der Waals surface area contributed by atoms with E-state index in [1.54, 1.807) is 31.2 Å². The molecular weight excluding hydrogens is 312 g/mol. The molecule has 19 heavy (non-hydrogen) atoms. The van der Waals surface area contributed by atoms with Gasteiger partial charge in [-0.15, -0.1) is 0 Å². The molecule has 104 valence electrons. The van der Waals surface area contributed by atoms with Crippen molar-refractivity contribution in [1.82, 2.24) is 0 Å². The fraction of sp³-hybridized carbons (Fsp3) is 0.429. The topological polar surface area (TPSA) is 63.6 Å². The number of carbonyl (C=O) groups is 2. The van der Waals surface area contributed by atoms with Crippen molar-refractivity contribution in [2.45, 2.75) is 32.1 Å². The van der Waals surface area contributed by atoms with E-state index in [0.717, 1.165) is 4.47 Å². The summed E-state index contributed by atoms with van der Waals surface area (Å²) >= 11 is 3.29. The van der Waals surface area contributed by atoms with Crippen LogP contribution < -0.4 is 0 Å². The van der Waals surface area contributed by atoms with Gasteiger partial charge in [-0.1, -0.05) is 41.4 Å². The molecule has 0 heterocycles. The Labute approximate surface area is 120 Å². The van der Waals surface area contributed by atoms with Crippen molar-refractivity contribution in [1.29, 1.82) is 0 Å². The smallest absolute Gasteiger partial charge is 0.328 e. The number of carbonyl (C=O) groups excluding carboxylic acids is 1. The lowest BCUT2D eigenvalue weighted by Gasteiger charge is -2.27. The minimum Gasteiger partial charge on any atom is -0.480 e. The lowest BCUT2D eigenvalue weighted by atomic mass is 9.77. The monoisotopic (exact) mass is 328 g/mol. The van der Waals surface area contributed by atoms with Crippen LogP contribution in [0, 0.1) is 0 Å². The average molecular weight is 329 g/mol. The summed E-state index contributed by atoms with van der Waals surface area (Å²) in [7, 11) is 0. The van der Waals surface area contributed by atoms with E-state index in [9.17, 15) is 14.7 Å². The van der Waals surface area contributed by atoms with Crippen LogP contribution in [-0.4, -0.2) is 23.7 Å². The summed E-state index contributed by atoms with van der Waals surface area (Å²) in [6.07, 6.45) is 0.782. The normalized spacial score (nSPS) is 13.6. The van der Waals surface area contributed by atoms with Crippen LogP contribution in [0.15, 0.2) is 28.7 Å². The van der Waals surface area contributed by atoms with Gasteiger partial charge in [0.15, 0.2) is 5.41 Å². The number of aliphatic carboxylic acids is 1. The molecule has 5 heteroatoms. The van der Waals surface area contributed by atoms with Crippen molar-refractivity contribution in [3.05, 3.63) is 34.3 Å². The maximum atomic E-state index is 12.2. The molecule has 4 nitrogen and oxygen atoms in total. The van der Waals surface area contributed by atoms with E-state index in [1.807, 2.05) is 6.92 Å². The van der Waals surface area contributed by atoms with Crippen molar-refractivity contribution in [3.63, 3.8) is 0 Å². The first-order chi connectivity index (χ1) is 8.98. The fourth-order valence-electron chi connectivity index (χ4n) is 2.05. The summed E-state index contributed by atoms with van der Waals surface area (Å²) in [6, 6.07) is 6.74. The number of esters is 1. The standard InChI is InChI=1S/C14H17BrO4/c1-3-9-14(12(16)17,13(18)19-4-2)10-5-7-11(15)8-6-10/h5-8H,3-4,9H2,1-2H3,(H,16,17). The van der Waals surface area contributed by atoms with Gasteiger partial charge in [-0.25, -0.2) is 0 Å². The van der Waals surface area contributed by atoms with Gasteiger partial charge in [0.2, 0.25) is 0 Å². The maximum Gasteiger partial charge on any atom is 0.328 e. The van der Waals surface area contributed by atoms with Crippen LogP contribution in [0.2, 0.25) is 0 Å². The quantitative estimate of drug-likeness (QED) is 0.643. The predicted octanol–water partition coefficient (Wildman–Crippen LogP) is 3.13. The number of hydrogen-bond acceptors (Lipinski definition) is 3. The molecule has 0 fully saturated rings. The zero-order valence-corrected chi connectivity index (χ0v) is 12.6. The number of ether oxygens (including phenoxy) is 1. The van der Waals surface area contributed by atoms with Gasteiger partial charge in [-0.2, -0.15) is 0 Å². The molecule has 0 saturated carbocycles. The minimum atomic E-state index is -1.62. The van der Waals surface area contributed by atoms with Crippen LogP contribution in [0.3, 0.4) is 0 Å². The zero-order chi connectivity index (χ0) is 14.5. The first-order valence-electron chi connectivity index (χ1n) is 6.15. The van der Waals surface area contributed by atoms with E-state index in [-0.39, 0.29) is 13.0 Å². The summed E-state index contributed by atoms with van der Waals surface area (Å²) in [5, 5.41) is 9.56. The molecule has 1 unspecified atom stereocenters. The van der Waals surface area contributed by atoms with E-state index >= 15 is 0 Å². The Hall–Kier alpha value is -1.36. The number of benzene rings is 1. The van der Waals surface area contributed by atoms with Crippen LogP contribution in [0.1, 0.15) is 32.3 Å². The number of rotatable bonds is 6. The maximum absolute atomic E-state index is 12.2. The molecule has 0 spiro atoms. The first kappa shape index (κ1) is 15.7. The van der Waals surface area contributed by atoms with Gasteiger partial charge in [0, 0.05) is 4.47 Å². The van der Waals surface area contributed by atoms with Gasteiger partial charge < -0.3 is 9.84 Å². The van der Waals surface area contributed by atoms with Gasteiger partial charge in [0.1, 0.15) is 0 Å². The molecule has 0 aromatic heterocycles. The van der Waals surface area contributed by atoms with Crippen molar-refractivity contribution in [3.8, 4) is 0 Å². The van der Waals surface area contributed by atoms with Gasteiger partial charge >= 0.3 is 11.9 Å². The van der Waals surface area contributed by atoms with E-state index in [2.05, 4.69) is 15.9 Å². The zero-order valence-electron chi connectivity index (χ0n) is 11.0. The average Bonchev–Trinajstić information content (AvgIpc) is 2.37. The number of carboxylic acids is 1. The number of carboxylic acid groups (broad SMARTS) is 1. The fourth-order valence-corrected chi connectivity index (χ4v) is 2.31. The molecule has 0 amide bonds. The van der Waals surface area contributed by atoms with Crippen LogP contribution >= 0.6 is 15.9 Å². The molecule has 1 aromatic rings. The Morgan fingerprint density at radius 3 is 2.26 bits per heavy atom. The van der Waals surface area contributed by atoms with E-state index < -0.39 is 17.4 Å². The largest absolute Gasteiger partial charge is 0.480 e. The van der Waals surface area contributed by atoms with Gasteiger partial charge in [0.05, 0.1) is 6.61 Å². The van der Waals surface area contributed by atoms with Gasteiger partial charge in [-0.3, -0.25) is 9.59 Å².